The number of aromatic amines is 1. The predicted molar refractivity (Wildman–Crippen MR) is 119 cm³/mol. The highest BCUT2D eigenvalue weighted by Gasteiger charge is 2.17. The van der Waals surface area contributed by atoms with Crippen molar-refractivity contribution in [3.8, 4) is 0 Å². The molecule has 11 heteroatoms. The standard InChI is InChI=1S/C19H16FN5O.C2H6O3S/c1-11-10-16(25-24-11)22-18-14-4-2-3-5-15(14)21-19(23-18)17(26)12-6-8-13(20)9-7-12;1-2-6(3,4)5/h2-10,17,26H,1H3,(H2,21,22,23,24,25);2H2,1H3,(H,3,4,5)/t17-;/m1./s1. The van der Waals surface area contributed by atoms with Crippen molar-refractivity contribution in [2.75, 3.05) is 11.1 Å². The summed E-state index contributed by atoms with van der Waals surface area (Å²) in [6.07, 6.45) is -1.07. The largest absolute Gasteiger partial charge is 0.380 e. The number of halogens is 1. The Balaban J connectivity index is 0.000000427. The number of hydrogen-bond donors (Lipinski definition) is 4. The fraction of sp³-hybridized carbons (Fsp3) is 0.190. The summed E-state index contributed by atoms with van der Waals surface area (Å²) < 4.78 is 40.0. The fourth-order valence-corrected chi connectivity index (χ4v) is 2.71. The third-order valence-electron chi connectivity index (χ3n) is 4.37. The van der Waals surface area contributed by atoms with Gasteiger partial charge in [-0.2, -0.15) is 13.5 Å². The number of anilines is 2. The van der Waals surface area contributed by atoms with E-state index in [1.165, 1.54) is 31.2 Å². The van der Waals surface area contributed by atoms with Crippen LogP contribution in [0.1, 0.15) is 30.1 Å². The van der Waals surface area contributed by atoms with E-state index in [2.05, 4.69) is 25.5 Å². The molecule has 0 radical (unpaired) electrons. The summed E-state index contributed by atoms with van der Waals surface area (Å²) in [7, 11) is -3.66. The molecular formula is C21H22FN5O4S. The highest BCUT2D eigenvalue weighted by atomic mass is 32.2. The van der Waals surface area contributed by atoms with E-state index >= 15 is 0 Å². The molecule has 0 aliphatic rings. The molecule has 0 aliphatic heterocycles. The molecule has 2 heterocycles. The summed E-state index contributed by atoms with van der Waals surface area (Å²) in [6, 6.07) is 15.0. The van der Waals surface area contributed by atoms with Crippen LogP contribution < -0.4 is 5.32 Å². The Labute approximate surface area is 184 Å². The number of nitrogens with one attached hydrogen (secondary N) is 2. The minimum atomic E-state index is -3.66. The number of aliphatic hydroxyl groups excluding tert-OH is 1. The zero-order valence-electron chi connectivity index (χ0n) is 17.3. The van der Waals surface area contributed by atoms with Gasteiger partial charge in [0.1, 0.15) is 17.7 Å². The molecule has 0 spiro atoms. The average Bonchev–Trinajstić information content (AvgIpc) is 3.18. The van der Waals surface area contributed by atoms with Crippen LogP contribution in [0.3, 0.4) is 0 Å². The van der Waals surface area contributed by atoms with Gasteiger partial charge in [0.2, 0.25) is 0 Å². The van der Waals surface area contributed by atoms with E-state index in [4.69, 9.17) is 4.55 Å². The zero-order chi connectivity index (χ0) is 23.3. The lowest BCUT2D eigenvalue weighted by molar-refractivity contribution is 0.210. The smallest absolute Gasteiger partial charge is 0.264 e. The van der Waals surface area contributed by atoms with Crippen LogP contribution in [0.25, 0.3) is 10.9 Å². The molecule has 0 unspecified atom stereocenters. The molecular weight excluding hydrogens is 437 g/mol. The van der Waals surface area contributed by atoms with Crippen LogP contribution >= 0.6 is 0 Å². The lowest BCUT2D eigenvalue weighted by Gasteiger charge is -2.13. The quantitative estimate of drug-likeness (QED) is 0.332. The van der Waals surface area contributed by atoms with Crippen molar-refractivity contribution >= 4 is 32.7 Å². The summed E-state index contributed by atoms with van der Waals surface area (Å²) in [4.78, 5) is 8.94. The van der Waals surface area contributed by atoms with Gasteiger partial charge in [-0.15, -0.1) is 0 Å². The van der Waals surface area contributed by atoms with Gasteiger partial charge in [-0.3, -0.25) is 9.65 Å². The molecule has 4 N–H and O–H groups in total. The molecule has 0 saturated heterocycles. The van der Waals surface area contributed by atoms with Gasteiger partial charge in [-0.1, -0.05) is 24.3 Å². The minimum Gasteiger partial charge on any atom is -0.380 e. The number of aryl methyl sites for hydroxylation is 1. The molecule has 168 valence electrons. The van der Waals surface area contributed by atoms with Crippen LogP contribution in [0.5, 0.6) is 0 Å². The van der Waals surface area contributed by atoms with Crippen LogP contribution in [0.4, 0.5) is 16.0 Å². The van der Waals surface area contributed by atoms with Crippen molar-refractivity contribution in [1.82, 2.24) is 20.2 Å². The van der Waals surface area contributed by atoms with Gasteiger partial charge in [-0.05, 0) is 43.7 Å². The van der Waals surface area contributed by atoms with E-state index in [0.29, 0.717) is 22.7 Å². The molecule has 0 aliphatic carbocycles. The molecule has 32 heavy (non-hydrogen) atoms. The third kappa shape index (κ3) is 6.06. The molecule has 0 saturated carbocycles. The van der Waals surface area contributed by atoms with Crippen molar-refractivity contribution < 1.29 is 22.5 Å². The van der Waals surface area contributed by atoms with Crippen molar-refractivity contribution in [2.24, 2.45) is 0 Å². The lowest BCUT2D eigenvalue weighted by Crippen LogP contribution is -2.08. The maximum absolute atomic E-state index is 13.1. The first-order valence-electron chi connectivity index (χ1n) is 9.60. The Hall–Kier alpha value is -3.41. The van der Waals surface area contributed by atoms with Crippen LogP contribution in [0.15, 0.2) is 54.6 Å². The van der Waals surface area contributed by atoms with Crippen LogP contribution in [0, 0.1) is 12.7 Å². The van der Waals surface area contributed by atoms with Crippen LogP contribution in [-0.2, 0) is 10.1 Å². The Kier molecular flexibility index (Phi) is 7.13. The second-order valence-corrected chi connectivity index (χ2v) is 8.57. The summed E-state index contributed by atoms with van der Waals surface area (Å²) in [6.45, 7) is 3.27. The number of hydrogen-bond acceptors (Lipinski definition) is 7. The normalized spacial score (nSPS) is 12.2. The predicted octanol–water partition coefficient (Wildman–Crippen LogP) is 3.52. The highest BCUT2D eigenvalue weighted by molar-refractivity contribution is 7.85. The number of aromatic nitrogens is 4. The second kappa shape index (κ2) is 9.81. The maximum atomic E-state index is 13.1. The molecule has 2 aromatic heterocycles. The van der Waals surface area contributed by atoms with Crippen LogP contribution in [-0.4, -0.2) is 44.0 Å². The van der Waals surface area contributed by atoms with E-state index in [1.807, 2.05) is 37.3 Å². The first-order valence-corrected chi connectivity index (χ1v) is 11.2. The first-order chi connectivity index (χ1) is 15.2. The van der Waals surface area contributed by atoms with Gasteiger partial charge in [0.05, 0.1) is 11.3 Å². The van der Waals surface area contributed by atoms with Crippen molar-refractivity contribution in [1.29, 1.82) is 0 Å². The molecule has 4 rings (SSSR count). The molecule has 2 aromatic carbocycles. The van der Waals surface area contributed by atoms with E-state index in [-0.39, 0.29) is 17.4 Å². The van der Waals surface area contributed by atoms with E-state index in [1.54, 1.807) is 0 Å². The molecule has 4 aromatic rings. The fourth-order valence-electron chi connectivity index (χ4n) is 2.71. The number of H-pyrrole nitrogens is 1. The number of benzene rings is 2. The Morgan fingerprint density at radius 2 is 1.78 bits per heavy atom. The summed E-state index contributed by atoms with van der Waals surface area (Å²) in [5, 5.41) is 21.6. The number of fused-ring (bicyclic) bond motifs is 1. The van der Waals surface area contributed by atoms with E-state index < -0.39 is 16.2 Å². The average molecular weight is 460 g/mol. The molecule has 9 nitrogen and oxygen atoms in total. The molecule has 0 fully saturated rings. The Morgan fingerprint density at radius 3 is 2.38 bits per heavy atom. The number of aliphatic hydroxyl groups is 1. The van der Waals surface area contributed by atoms with Gasteiger partial charge in [0, 0.05) is 17.1 Å². The minimum absolute atomic E-state index is 0.201. The Morgan fingerprint density at radius 1 is 1.12 bits per heavy atom. The summed E-state index contributed by atoms with van der Waals surface area (Å²) >= 11 is 0. The first kappa shape index (κ1) is 23.3. The summed E-state index contributed by atoms with van der Waals surface area (Å²) in [5.74, 6) is 0.820. The second-order valence-electron chi connectivity index (χ2n) is 6.83. The van der Waals surface area contributed by atoms with E-state index in [0.717, 1.165) is 11.1 Å². The molecule has 1 atom stereocenters. The SMILES string of the molecule is CCS(=O)(=O)O.Cc1cc(Nc2nc([C@H](O)c3ccc(F)cc3)nc3ccccc23)n[nH]1. The van der Waals surface area contributed by atoms with Gasteiger partial charge in [-0.25, -0.2) is 14.4 Å². The van der Waals surface area contributed by atoms with Crippen molar-refractivity contribution in [2.45, 2.75) is 20.0 Å². The van der Waals surface area contributed by atoms with Gasteiger partial charge >= 0.3 is 0 Å². The van der Waals surface area contributed by atoms with Gasteiger partial charge in [0.15, 0.2) is 11.6 Å². The third-order valence-corrected chi connectivity index (χ3v) is 5.10. The maximum Gasteiger partial charge on any atom is 0.264 e. The molecule has 0 amide bonds. The zero-order valence-corrected chi connectivity index (χ0v) is 18.1. The Bertz CT molecular complexity index is 1310. The van der Waals surface area contributed by atoms with Crippen molar-refractivity contribution in [3.05, 3.63) is 77.5 Å². The van der Waals surface area contributed by atoms with Crippen LogP contribution in [0.2, 0.25) is 0 Å². The summed E-state index contributed by atoms with van der Waals surface area (Å²) in [5.41, 5.74) is 2.12. The monoisotopic (exact) mass is 459 g/mol. The number of rotatable bonds is 5. The van der Waals surface area contributed by atoms with Gasteiger partial charge < -0.3 is 10.4 Å². The number of nitrogens with zero attached hydrogens (tertiary/aromatic N) is 3. The topological polar surface area (TPSA) is 141 Å². The number of para-hydroxylation sites is 1. The molecule has 0 bridgehead atoms. The lowest BCUT2D eigenvalue weighted by atomic mass is 10.1. The highest BCUT2D eigenvalue weighted by Crippen LogP contribution is 2.27. The van der Waals surface area contributed by atoms with Gasteiger partial charge in [0.25, 0.3) is 10.1 Å². The van der Waals surface area contributed by atoms with Crippen molar-refractivity contribution in [3.63, 3.8) is 0 Å². The van der Waals surface area contributed by atoms with E-state index in [9.17, 15) is 17.9 Å².